The number of amides is 1. The summed E-state index contributed by atoms with van der Waals surface area (Å²) in [6, 6.07) is 9.93. The van der Waals surface area contributed by atoms with E-state index in [4.69, 9.17) is 0 Å². The first-order valence-electron chi connectivity index (χ1n) is 5.75. The Morgan fingerprint density at radius 3 is 2.75 bits per heavy atom. The smallest absolute Gasteiger partial charge is 0.223 e. The highest BCUT2D eigenvalue weighted by Gasteiger charge is 2.27. The van der Waals surface area contributed by atoms with Crippen molar-refractivity contribution in [2.45, 2.75) is 31.8 Å². The third-order valence-electron chi connectivity index (χ3n) is 3.10. The molecule has 0 aliphatic carbocycles. The molecule has 1 atom stereocenters. The maximum Gasteiger partial charge on any atom is 0.223 e. The Kier molecular flexibility index (Phi) is 3.57. The van der Waals surface area contributed by atoms with E-state index < -0.39 is 0 Å². The molecule has 0 saturated carbocycles. The van der Waals surface area contributed by atoms with Crippen molar-refractivity contribution in [3.8, 4) is 0 Å². The van der Waals surface area contributed by atoms with Gasteiger partial charge in [0.1, 0.15) is 0 Å². The Morgan fingerprint density at radius 2 is 2.06 bits per heavy atom. The molecule has 3 nitrogen and oxygen atoms in total. The summed E-state index contributed by atoms with van der Waals surface area (Å²) < 4.78 is 0. The van der Waals surface area contributed by atoms with Gasteiger partial charge in [0, 0.05) is 13.0 Å². The van der Waals surface area contributed by atoms with Crippen molar-refractivity contribution in [3.05, 3.63) is 35.9 Å². The molecule has 1 amide bonds. The first-order chi connectivity index (χ1) is 7.81. The van der Waals surface area contributed by atoms with Crippen LogP contribution in [0.4, 0.5) is 0 Å². The van der Waals surface area contributed by atoms with Crippen molar-refractivity contribution in [1.82, 2.24) is 4.90 Å². The summed E-state index contributed by atoms with van der Waals surface area (Å²) in [6.07, 6.45) is 2.42. The summed E-state index contributed by atoms with van der Waals surface area (Å²) >= 11 is 0. The van der Waals surface area contributed by atoms with E-state index in [1.807, 2.05) is 30.3 Å². The first kappa shape index (κ1) is 11.1. The van der Waals surface area contributed by atoms with Gasteiger partial charge in [-0.3, -0.25) is 4.79 Å². The molecule has 1 N–H and O–H groups in total. The highest BCUT2D eigenvalue weighted by molar-refractivity contribution is 5.77. The fourth-order valence-corrected chi connectivity index (χ4v) is 2.18. The second-order valence-corrected chi connectivity index (χ2v) is 4.24. The first-order valence-corrected chi connectivity index (χ1v) is 5.75. The Balaban J connectivity index is 2.08. The molecule has 1 aliphatic heterocycles. The van der Waals surface area contributed by atoms with Crippen LogP contribution < -0.4 is 0 Å². The van der Waals surface area contributed by atoms with E-state index in [0.29, 0.717) is 13.0 Å². The minimum atomic E-state index is 0.00135. The quantitative estimate of drug-likeness (QED) is 0.838. The second-order valence-electron chi connectivity index (χ2n) is 4.24. The number of nitrogens with zero attached hydrogens (tertiary/aromatic N) is 1. The number of carbonyl (C=O) groups excluding carboxylic acids is 1. The minimum Gasteiger partial charge on any atom is -0.394 e. The number of piperidine rings is 1. The number of rotatable bonds is 3. The van der Waals surface area contributed by atoms with Crippen molar-refractivity contribution in [2.75, 3.05) is 6.61 Å². The number of likely N-dealkylation sites (tertiary alicyclic amines) is 1. The summed E-state index contributed by atoms with van der Waals surface area (Å²) in [5, 5.41) is 9.26. The fraction of sp³-hybridized carbons (Fsp3) is 0.462. The molecule has 16 heavy (non-hydrogen) atoms. The molecule has 86 valence electrons. The number of aliphatic hydroxyl groups is 1. The van der Waals surface area contributed by atoms with Crippen LogP contribution in [0.2, 0.25) is 0 Å². The zero-order chi connectivity index (χ0) is 11.4. The normalized spacial score (nSPS) is 21.2. The summed E-state index contributed by atoms with van der Waals surface area (Å²) in [5.41, 5.74) is 1.12. The van der Waals surface area contributed by atoms with Gasteiger partial charge in [0.2, 0.25) is 5.91 Å². The average molecular weight is 219 g/mol. The third kappa shape index (κ3) is 2.42. The molecule has 1 fully saturated rings. The molecular weight excluding hydrogens is 202 g/mol. The van der Waals surface area contributed by atoms with Crippen LogP contribution in [0.3, 0.4) is 0 Å². The van der Waals surface area contributed by atoms with E-state index in [1.165, 1.54) is 0 Å². The van der Waals surface area contributed by atoms with Crippen LogP contribution in [-0.2, 0) is 11.3 Å². The van der Waals surface area contributed by atoms with Gasteiger partial charge in [-0.25, -0.2) is 0 Å². The number of benzene rings is 1. The Labute approximate surface area is 95.7 Å². The van der Waals surface area contributed by atoms with E-state index in [9.17, 15) is 9.90 Å². The molecule has 0 unspecified atom stereocenters. The average Bonchev–Trinajstić information content (AvgIpc) is 2.33. The SMILES string of the molecule is O=C1CCC[C@@H](CO)N1Cc1ccccc1. The Hall–Kier alpha value is -1.35. The summed E-state index contributed by atoms with van der Waals surface area (Å²) in [4.78, 5) is 13.6. The molecule has 1 heterocycles. The number of carbonyl (C=O) groups is 1. The van der Waals surface area contributed by atoms with Gasteiger partial charge in [-0.05, 0) is 18.4 Å². The summed E-state index contributed by atoms with van der Waals surface area (Å²) in [6.45, 7) is 0.684. The highest BCUT2D eigenvalue weighted by atomic mass is 16.3. The Morgan fingerprint density at radius 1 is 1.31 bits per heavy atom. The maximum absolute atomic E-state index is 11.8. The molecule has 0 bridgehead atoms. The lowest BCUT2D eigenvalue weighted by atomic mass is 10.0. The monoisotopic (exact) mass is 219 g/mol. The predicted octanol–water partition coefficient (Wildman–Crippen LogP) is 1.56. The van der Waals surface area contributed by atoms with Gasteiger partial charge in [0.25, 0.3) is 0 Å². The van der Waals surface area contributed by atoms with Crippen LogP contribution in [0.25, 0.3) is 0 Å². The molecule has 1 aliphatic rings. The zero-order valence-corrected chi connectivity index (χ0v) is 9.30. The largest absolute Gasteiger partial charge is 0.394 e. The van der Waals surface area contributed by atoms with Crippen molar-refractivity contribution in [2.24, 2.45) is 0 Å². The van der Waals surface area contributed by atoms with E-state index >= 15 is 0 Å². The van der Waals surface area contributed by atoms with E-state index in [0.717, 1.165) is 18.4 Å². The molecular formula is C13H17NO2. The van der Waals surface area contributed by atoms with Gasteiger partial charge in [-0.2, -0.15) is 0 Å². The molecule has 1 aromatic carbocycles. The standard InChI is InChI=1S/C13H17NO2/c15-10-12-7-4-8-13(16)14(12)9-11-5-2-1-3-6-11/h1-3,5-6,12,15H,4,7-10H2/t12-/m0/s1. The maximum atomic E-state index is 11.8. The highest BCUT2D eigenvalue weighted by Crippen LogP contribution is 2.20. The second kappa shape index (κ2) is 5.12. The van der Waals surface area contributed by atoms with Crippen LogP contribution in [-0.4, -0.2) is 28.6 Å². The van der Waals surface area contributed by atoms with E-state index in [2.05, 4.69) is 0 Å². The number of hydrogen-bond donors (Lipinski definition) is 1. The van der Waals surface area contributed by atoms with Crippen LogP contribution in [0.15, 0.2) is 30.3 Å². The lowest BCUT2D eigenvalue weighted by Crippen LogP contribution is -2.44. The van der Waals surface area contributed by atoms with Crippen LogP contribution >= 0.6 is 0 Å². The van der Waals surface area contributed by atoms with Gasteiger partial charge >= 0.3 is 0 Å². The zero-order valence-electron chi connectivity index (χ0n) is 9.30. The van der Waals surface area contributed by atoms with Gasteiger partial charge in [-0.1, -0.05) is 30.3 Å². The molecule has 0 spiro atoms. The van der Waals surface area contributed by atoms with Gasteiger partial charge < -0.3 is 10.0 Å². The number of aliphatic hydroxyl groups excluding tert-OH is 1. The molecule has 0 radical (unpaired) electrons. The van der Waals surface area contributed by atoms with Crippen LogP contribution in [0.1, 0.15) is 24.8 Å². The molecule has 3 heteroatoms. The van der Waals surface area contributed by atoms with Gasteiger partial charge in [0.05, 0.1) is 12.6 Å². The third-order valence-corrected chi connectivity index (χ3v) is 3.10. The summed E-state index contributed by atoms with van der Waals surface area (Å²) in [7, 11) is 0. The van der Waals surface area contributed by atoms with Crippen molar-refractivity contribution in [3.63, 3.8) is 0 Å². The summed E-state index contributed by atoms with van der Waals surface area (Å²) in [5.74, 6) is 0.161. The van der Waals surface area contributed by atoms with E-state index in [1.54, 1.807) is 4.90 Å². The molecule has 0 aromatic heterocycles. The van der Waals surface area contributed by atoms with Crippen LogP contribution in [0, 0.1) is 0 Å². The number of hydrogen-bond acceptors (Lipinski definition) is 2. The van der Waals surface area contributed by atoms with Gasteiger partial charge in [-0.15, -0.1) is 0 Å². The topological polar surface area (TPSA) is 40.5 Å². The Bertz CT molecular complexity index is 350. The van der Waals surface area contributed by atoms with Crippen molar-refractivity contribution in [1.29, 1.82) is 0 Å². The van der Waals surface area contributed by atoms with Crippen LogP contribution in [0.5, 0.6) is 0 Å². The lowest BCUT2D eigenvalue weighted by molar-refractivity contribution is -0.138. The van der Waals surface area contributed by atoms with Gasteiger partial charge in [0.15, 0.2) is 0 Å². The lowest BCUT2D eigenvalue weighted by Gasteiger charge is -2.34. The predicted molar refractivity (Wildman–Crippen MR) is 61.7 cm³/mol. The minimum absolute atomic E-state index is 0.00135. The van der Waals surface area contributed by atoms with E-state index in [-0.39, 0.29) is 18.6 Å². The fourth-order valence-electron chi connectivity index (χ4n) is 2.18. The molecule has 1 saturated heterocycles. The molecule has 1 aromatic rings. The molecule has 2 rings (SSSR count). The van der Waals surface area contributed by atoms with Crippen molar-refractivity contribution >= 4 is 5.91 Å². The van der Waals surface area contributed by atoms with Crippen molar-refractivity contribution < 1.29 is 9.90 Å².